The summed E-state index contributed by atoms with van der Waals surface area (Å²) >= 11 is 0. The summed E-state index contributed by atoms with van der Waals surface area (Å²) in [7, 11) is 0. The molecule has 1 rings (SSSR count). The molecule has 0 radical (unpaired) electrons. The first-order valence-electron chi connectivity index (χ1n) is 3.76. The van der Waals surface area contributed by atoms with Gasteiger partial charge in [0.1, 0.15) is 0 Å². The molecule has 1 aromatic heterocycles. The molecule has 0 aromatic carbocycles. The molecule has 6 nitrogen and oxygen atoms in total. The summed E-state index contributed by atoms with van der Waals surface area (Å²) in [4.78, 5) is 10.8. The van der Waals surface area contributed by atoms with Crippen LogP contribution < -0.4 is 5.32 Å². The lowest BCUT2D eigenvalue weighted by Crippen LogP contribution is -2.24. The number of rotatable bonds is 3. The van der Waals surface area contributed by atoms with Gasteiger partial charge >= 0.3 is 0 Å². The molecule has 68 valence electrons. The molecule has 0 aliphatic carbocycles. The van der Waals surface area contributed by atoms with Gasteiger partial charge in [0, 0.05) is 13.0 Å². The van der Waals surface area contributed by atoms with Crippen molar-refractivity contribution in [3.8, 4) is 11.8 Å². The van der Waals surface area contributed by atoms with Gasteiger partial charge < -0.3 is 5.32 Å². The lowest BCUT2D eigenvalue weighted by molar-refractivity contribution is -0.115. The first-order chi connectivity index (χ1) is 6.33. The zero-order valence-electron chi connectivity index (χ0n) is 7.16. The molecule has 1 amide bonds. The summed E-state index contributed by atoms with van der Waals surface area (Å²) in [5.74, 6) is 5.15. The maximum absolute atomic E-state index is 10.8. The maximum Gasteiger partial charge on any atom is 0.295 e. The van der Waals surface area contributed by atoms with E-state index in [0.29, 0.717) is 18.8 Å². The third-order valence-corrected chi connectivity index (χ3v) is 1.26. The second-order valence-corrected chi connectivity index (χ2v) is 2.21. The van der Waals surface area contributed by atoms with E-state index < -0.39 is 0 Å². The van der Waals surface area contributed by atoms with E-state index in [1.807, 2.05) is 0 Å². The van der Waals surface area contributed by atoms with Crippen molar-refractivity contribution in [1.82, 2.24) is 25.9 Å². The fourth-order valence-corrected chi connectivity index (χ4v) is 0.734. The Morgan fingerprint density at radius 1 is 1.69 bits per heavy atom. The van der Waals surface area contributed by atoms with Gasteiger partial charge in [0.25, 0.3) is 5.91 Å². The Hall–Kier alpha value is -1.90. The Balaban J connectivity index is 2.20. The van der Waals surface area contributed by atoms with E-state index in [2.05, 4.69) is 37.8 Å². The van der Waals surface area contributed by atoms with Gasteiger partial charge in [-0.05, 0) is 12.8 Å². The summed E-state index contributed by atoms with van der Waals surface area (Å²) in [5.41, 5.74) is 0. The first-order valence-corrected chi connectivity index (χ1v) is 3.76. The van der Waals surface area contributed by atoms with Crippen LogP contribution in [-0.4, -0.2) is 33.1 Å². The molecular formula is C7H9N5O. The SMILES string of the molecule is CC#CC(=O)NCCc1nn[nH]n1. The van der Waals surface area contributed by atoms with Crippen molar-refractivity contribution >= 4 is 5.91 Å². The molecule has 0 spiro atoms. The van der Waals surface area contributed by atoms with E-state index in [-0.39, 0.29) is 5.91 Å². The normalized spacial score (nSPS) is 8.69. The predicted octanol–water partition coefficient (Wildman–Crippen LogP) is -1.12. The van der Waals surface area contributed by atoms with Crippen molar-refractivity contribution in [2.75, 3.05) is 6.54 Å². The number of tetrazole rings is 1. The number of nitrogens with zero attached hydrogens (tertiary/aromatic N) is 3. The molecule has 6 heteroatoms. The van der Waals surface area contributed by atoms with Crippen LogP contribution in [0.25, 0.3) is 0 Å². The van der Waals surface area contributed by atoms with Crippen LogP contribution in [0.3, 0.4) is 0 Å². The molecule has 0 saturated heterocycles. The topological polar surface area (TPSA) is 83.6 Å². The van der Waals surface area contributed by atoms with Crippen LogP contribution in [0.5, 0.6) is 0 Å². The van der Waals surface area contributed by atoms with Crippen LogP contribution in [0, 0.1) is 11.8 Å². The molecule has 0 unspecified atom stereocenters. The molecule has 13 heavy (non-hydrogen) atoms. The van der Waals surface area contributed by atoms with Crippen LogP contribution >= 0.6 is 0 Å². The van der Waals surface area contributed by atoms with Crippen molar-refractivity contribution in [3.05, 3.63) is 5.82 Å². The van der Waals surface area contributed by atoms with Crippen molar-refractivity contribution in [2.45, 2.75) is 13.3 Å². The third-order valence-electron chi connectivity index (χ3n) is 1.26. The number of amides is 1. The number of H-pyrrole nitrogens is 1. The van der Waals surface area contributed by atoms with Crippen molar-refractivity contribution in [2.24, 2.45) is 0 Å². The van der Waals surface area contributed by atoms with Crippen LogP contribution in [-0.2, 0) is 11.2 Å². The summed E-state index contributed by atoms with van der Waals surface area (Å²) in [6.45, 7) is 2.08. The van der Waals surface area contributed by atoms with E-state index in [1.165, 1.54) is 0 Å². The number of carbonyl (C=O) groups is 1. The smallest absolute Gasteiger partial charge is 0.295 e. The lowest BCUT2D eigenvalue weighted by Gasteiger charge is -1.95. The van der Waals surface area contributed by atoms with Crippen LogP contribution in [0.1, 0.15) is 12.7 Å². The van der Waals surface area contributed by atoms with Crippen LogP contribution in [0.4, 0.5) is 0 Å². The van der Waals surface area contributed by atoms with Gasteiger partial charge in [-0.1, -0.05) is 11.1 Å². The van der Waals surface area contributed by atoms with Gasteiger partial charge in [-0.2, -0.15) is 5.21 Å². The van der Waals surface area contributed by atoms with Crippen LogP contribution in [0.2, 0.25) is 0 Å². The zero-order chi connectivity index (χ0) is 9.52. The second kappa shape index (κ2) is 4.87. The third kappa shape index (κ3) is 3.33. The molecule has 1 heterocycles. The number of carbonyl (C=O) groups excluding carboxylic acids is 1. The second-order valence-electron chi connectivity index (χ2n) is 2.21. The first kappa shape index (κ1) is 9.19. The van der Waals surface area contributed by atoms with Crippen LogP contribution in [0.15, 0.2) is 0 Å². The van der Waals surface area contributed by atoms with Crippen molar-refractivity contribution in [3.63, 3.8) is 0 Å². The van der Waals surface area contributed by atoms with Crippen molar-refractivity contribution in [1.29, 1.82) is 0 Å². The highest BCUT2D eigenvalue weighted by Crippen LogP contribution is 1.82. The molecule has 0 fully saturated rings. The van der Waals surface area contributed by atoms with Gasteiger partial charge in [0.05, 0.1) is 0 Å². The van der Waals surface area contributed by atoms with Crippen molar-refractivity contribution < 1.29 is 4.79 Å². The van der Waals surface area contributed by atoms with E-state index in [9.17, 15) is 4.79 Å². The molecular weight excluding hydrogens is 170 g/mol. The number of hydrogen-bond donors (Lipinski definition) is 2. The fraction of sp³-hybridized carbons (Fsp3) is 0.429. The van der Waals surface area contributed by atoms with Gasteiger partial charge in [-0.15, -0.1) is 10.2 Å². The van der Waals surface area contributed by atoms with E-state index in [1.54, 1.807) is 6.92 Å². The molecule has 0 aliphatic heterocycles. The van der Waals surface area contributed by atoms with E-state index in [0.717, 1.165) is 0 Å². The standard InChI is InChI=1S/C7H9N5O/c1-2-3-7(13)8-5-4-6-9-11-12-10-6/h4-5H2,1H3,(H,8,13)(H,9,10,11,12). The highest BCUT2D eigenvalue weighted by molar-refractivity contribution is 5.93. The Bertz CT molecular complexity index is 320. The number of aromatic amines is 1. The number of hydrogen-bond acceptors (Lipinski definition) is 4. The minimum atomic E-state index is -0.286. The predicted molar refractivity (Wildman–Crippen MR) is 44.3 cm³/mol. The van der Waals surface area contributed by atoms with E-state index >= 15 is 0 Å². The monoisotopic (exact) mass is 179 g/mol. The Kier molecular flexibility index (Phi) is 3.45. The Labute approximate surface area is 75.1 Å². The van der Waals surface area contributed by atoms with Gasteiger partial charge in [-0.3, -0.25) is 4.79 Å². The minimum absolute atomic E-state index is 0.286. The molecule has 2 N–H and O–H groups in total. The summed E-state index contributed by atoms with van der Waals surface area (Å²) in [5, 5.41) is 15.7. The summed E-state index contributed by atoms with van der Waals surface area (Å²) in [6, 6.07) is 0. The number of aromatic nitrogens is 4. The summed E-state index contributed by atoms with van der Waals surface area (Å²) < 4.78 is 0. The maximum atomic E-state index is 10.8. The minimum Gasteiger partial charge on any atom is -0.345 e. The molecule has 1 aromatic rings. The number of nitrogens with one attached hydrogen (secondary N) is 2. The largest absolute Gasteiger partial charge is 0.345 e. The van der Waals surface area contributed by atoms with Gasteiger partial charge in [0.2, 0.25) is 0 Å². The highest BCUT2D eigenvalue weighted by atomic mass is 16.1. The molecule has 0 atom stereocenters. The average molecular weight is 179 g/mol. The fourth-order valence-electron chi connectivity index (χ4n) is 0.734. The highest BCUT2D eigenvalue weighted by Gasteiger charge is 1.98. The molecule has 0 aliphatic rings. The zero-order valence-corrected chi connectivity index (χ0v) is 7.16. The lowest BCUT2D eigenvalue weighted by atomic mass is 10.4. The Morgan fingerprint density at radius 2 is 2.54 bits per heavy atom. The molecule has 0 saturated carbocycles. The molecule has 0 bridgehead atoms. The quantitative estimate of drug-likeness (QED) is 0.576. The Morgan fingerprint density at radius 3 is 3.15 bits per heavy atom. The van der Waals surface area contributed by atoms with E-state index in [4.69, 9.17) is 0 Å². The summed E-state index contributed by atoms with van der Waals surface area (Å²) in [6.07, 6.45) is 0.549. The van der Waals surface area contributed by atoms with Gasteiger partial charge in [0.15, 0.2) is 5.82 Å². The average Bonchev–Trinajstić information content (AvgIpc) is 2.57. The van der Waals surface area contributed by atoms with Gasteiger partial charge in [-0.25, -0.2) is 0 Å².